The molecule has 1 rings (SSSR count). The summed E-state index contributed by atoms with van der Waals surface area (Å²) in [6, 6.07) is 5.09. The van der Waals surface area contributed by atoms with E-state index in [2.05, 4.69) is 0 Å². The maximum absolute atomic E-state index is 11.7. The van der Waals surface area contributed by atoms with Crippen molar-refractivity contribution in [1.29, 1.82) is 0 Å². The van der Waals surface area contributed by atoms with Gasteiger partial charge in [-0.1, -0.05) is 48.9 Å². The molecule has 0 aliphatic heterocycles. The molecule has 0 saturated heterocycles. The molecule has 0 fully saturated rings. The molecule has 0 amide bonds. The van der Waals surface area contributed by atoms with Gasteiger partial charge in [0.1, 0.15) is 6.61 Å². The van der Waals surface area contributed by atoms with Crippen LogP contribution < -0.4 is 0 Å². The number of carbonyl (C=O) groups excluding carboxylic acids is 2. The van der Waals surface area contributed by atoms with Gasteiger partial charge in [-0.3, -0.25) is 9.59 Å². The molecule has 140 valence electrons. The van der Waals surface area contributed by atoms with Gasteiger partial charge in [-0.2, -0.15) is 0 Å². The van der Waals surface area contributed by atoms with Crippen molar-refractivity contribution in [2.24, 2.45) is 0 Å². The van der Waals surface area contributed by atoms with Gasteiger partial charge in [0.25, 0.3) is 0 Å². The SMILES string of the molecule is CCOC(=O)CCCCCCCCC(=O)OCc1cc(Cl)ccc1Cl. The molecular weight excluding hydrogens is 363 g/mol. The molecule has 0 aromatic heterocycles. The molecule has 0 N–H and O–H groups in total. The molecule has 0 spiro atoms. The smallest absolute Gasteiger partial charge is 0.306 e. The Kier molecular flexibility index (Phi) is 11.3. The summed E-state index contributed by atoms with van der Waals surface area (Å²) in [7, 11) is 0. The van der Waals surface area contributed by atoms with Crippen LogP contribution in [0.3, 0.4) is 0 Å². The van der Waals surface area contributed by atoms with E-state index in [0.717, 1.165) is 38.5 Å². The second kappa shape index (κ2) is 13.0. The summed E-state index contributed by atoms with van der Waals surface area (Å²) in [5, 5.41) is 1.11. The minimum absolute atomic E-state index is 0.120. The fourth-order valence-corrected chi connectivity index (χ4v) is 2.73. The number of hydrogen-bond donors (Lipinski definition) is 0. The average molecular weight is 389 g/mol. The largest absolute Gasteiger partial charge is 0.466 e. The van der Waals surface area contributed by atoms with Crippen LogP contribution in [0.4, 0.5) is 0 Å². The molecule has 0 saturated carbocycles. The lowest BCUT2D eigenvalue weighted by Crippen LogP contribution is -2.04. The Morgan fingerprint density at radius 3 is 2.04 bits per heavy atom. The summed E-state index contributed by atoms with van der Waals surface area (Å²) in [5.74, 6) is -0.344. The van der Waals surface area contributed by atoms with Gasteiger partial charge in [0.15, 0.2) is 0 Å². The normalized spacial score (nSPS) is 10.5. The number of hydrogen-bond acceptors (Lipinski definition) is 4. The molecule has 25 heavy (non-hydrogen) atoms. The highest BCUT2D eigenvalue weighted by molar-refractivity contribution is 6.33. The zero-order valence-corrected chi connectivity index (χ0v) is 16.2. The van der Waals surface area contributed by atoms with E-state index >= 15 is 0 Å². The Morgan fingerprint density at radius 1 is 0.880 bits per heavy atom. The van der Waals surface area contributed by atoms with E-state index in [9.17, 15) is 9.59 Å². The summed E-state index contributed by atoms with van der Waals surface area (Å²) in [5.41, 5.74) is 0.712. The van der Waals surface area contributed by atoms with E-state index in [-0.39, 0.29) is 18.5 Å². The highest BCUT2D eigenvalue weighted by Gasteiger charge is 2.07. The summed E-state index contributed by atoms with van der Waals surface area (Å²) >= 11 is 11.9. The van der Waals surface area contributed by atoms with Crippen molar-refractivity contribution in [3.63, 3.8) is 0 Å². The minimum atomic E-state index is -0.224. The third kappa shape index (κ3) is 10.4. The standard InChI is InChI=1S/C19H26Cl2O4/c1-2-24-18(22)9-7-5-3-4-6-8-10-19(23)25-14-15-13-16(20)11-12-17(15)21/h11-13H,2-10,14H2,1H3. The monoisotopic (exact) mass is 388 g/mol. The van der Waals surface area contributed by atoms with Crippen LogP contribution in [0.5, 0.6) is 0 Å². The predicted octanol–water partition coefficient (Wildman–Crippen LogP) is 5.72. The molecular formula is C19H26Cl2O4. The molecule has 4 nitrogen and oxygen atoms in total. The van der Waals surface area contributed by atoms with Crippen LogP contribution in [-0.2, 0) is 25.7 Å². The molecule has 0 unspecified atom stereocenters. The highest BCUT2D eigenvalue weighted by atomic mass is 35.5. The lowest BCUT2D eigenvalue weighted by atomic mass is 10.1. The lowest BCUT2D eigenvalue weighted by molar-refractivity contribution is -0.145. The summed E-state index contributed by atoms with van der Waals surface area (Å²) in [4.78, 5) is 22.9. The van der Waals surface area contributed by atoms with Gasteiger partial charge in [-0.05, 0) is 38.0 Å². The van der Waals surface area contributed by atoms with E-state index in [1.165, 1.54) is 0 Å². The number of ether oxygens (including phenoxy) is 2. The maximum atomic E-state index is 11.7. The fraction of sp³-hybridized carbons (Fsp3) is 0.579. The second-order valence-corrected chi connectivity index (χ2v) is 6.67. The van der Waals surface area contributed by atoms with Crippen molar-refractivity contribution in [3.8, 4) is 0 Å². The van der Waals surface area contributed by atoms with E-state index in [4.69, 9.17) is 32.7 Å². The quantitative estimate of drug-likeness (QED) is 0.339. The first-order chi connectivity index (χ1) is 12.0. The van der Waals surface area contributed by atoms with Crippen LogP contribution >= 0.6 is 23.2 Å². The average Bonchev–Trinajstić information content (AvgIpc) is 2.58. The van der Waals surface area contributed by atoms with Crippen molar-refractivity contribution in [1.82, 2.24) is 0 Å². The molecule has 6 heteroatoms. The number of carbonyl (C=O) groups is 2. The van der Waals surface area contributed by atoms with Crippen molar-refractivity contribution in [2.45, 2.75) is 64.9 Å². The first kappa shape index (κ1) is 21.8. The molecule has 0 bridgehead atoms. The zero-order valence-electron chi connectivity index (χ0n) is 14.7. The first-order valence-electron chi connectivity index (χ1n) is 8.78. The number of halogens is 2. The number of esters is 2. The molecule has 1 aromatic carbocycles. The van der Waals surface area contributed by atoms with Gasteiger partial charge in [0.2, 0.25) is 0 Å². The van der Waals surface area contributed by atoms with Gasteiger partial charge in [0, 0.05) is 28.5 Å². The van der Waals surface area contributed by atoms with Crippen LogP contribution in [0, 0.1) is 0 Å². The summed E-state index contributed by atoms with van der Waals surface area (Å²) in [6.45, 7) is 2.40. The van der Waals surface area contributed by atoms with Crippen molar-refractivity contribution < 1.29 is 19.1 Å². The van der Waals surface area contributed by atoms with Crippen molar-refractivity contribution >= 4 is 35.1 Å². The van der Waals surface area contributed by atoms with Crippen molar-refractivity contribution in [3.05, 3.63) is 33.8 Å². The predicted molar refractivity (Wildman–Crippen MR) is 99.8 cm³/mol. The summed E-state index contributed by atoms with van der Waals surface area (Å²) < 4.78 is 10.1. The lowest BCUT2D eigenvalue weighted by Gasteiger charge is -2.07. The maximum Gasteiger partial charge on any atom is 0.306 e. The van der Waals surface area contributed by atoms with E-state index in [1.54, 1.807) is 18.2 Å². The Labute approximate surface area is 159 Å². The van der Waals surface area contributed by atoms with Crippen LogP contribution in [-0.4, -0.2) is 18.5 Å². The Morgan fingerprint density at radius 2 is 1.44 bits per heavy atom. The molecule has 1 aromatic rings. The molecule has 0 aliphatic rings. The van der Waals surface area contributed by atoms with Gasteiger partial charge in [0.05, 0.1) is 6.61 Å². The first-order valence-corrected chi connectivity index (χ1v) is 9.53. The van der Waals surface area contributed by atoms with Gasteiger partial charge < -0.3 is 9.47 Å². The van der Waals surface area contributed by atoms with Crippen LogP contribution in [0.25, 0.3) is 0 Å². The van der Waals surface area contributed by atoms with Crippen LogP contribution in [0.1, 0.15) is 63.9 Å². The Balaban J connectivity index is 2.02. The Bertz CT molecular complexity index is 546. The topological polar surface area (TPSA) is 52.6 Å². The molecule has 0 heterocycles. The molecule has 0 radical (unpaired) electrons. The second-order valence-electron chi connectivity index (χ2n) is 5.82. The van der Waals surface area contributed by atoms with E-state index in [1.807, 2.05) is 6.92 Å². The van der Waals surface area contributed by atoms with Crippen LogP contribution in [0.15, 0.2) is 18.2 Å². The van der Waals surface area contributed by atoms with Crippen molar-refractivity contribution in [2.75, 3.05) is 6.61 Å². The van der Waals surface area contributed by atoms with Gasteiger partial charge >= 0.3 is 11.9 Å². The third-order valence-electron chi connectivity index (χ3n) is 3.71. The molecule has 0 atom stereocenters. The third-order valence-corrected chi connectivity index (χ3v) is 4.32. The highest BCUT2D eigenvalue weighted by Crippen LogP contribution is 2.21. The minimum Gasteiger partial charge on any atom is -0.466 e. The number of unbranched alkanes of at least 4 members (excludes halogenated alkanes) is 5. The van der Waals surface area contributed by atoms with E-state index in [0.29, 0.717) is 35.1 Å². The van der Waals surface area contributed by atoms with Gasteiger partial charge in [-0.25, -0.2) is 0 Å². The molecule has 0 aliphatic carbocycles. The zero-order chi connectivity index (χ0) is 18.5. The van der Waals surface area contributed by atoms with Crippen LogP contribution in [0.2, 0.25) is 10.0 Å². The number of rotatable bonds is 12. The van der Waals surface area contributed by atoms with E-state index < -0.39 is 0 Å². The Hall–Kier alpha value is -1.26. The fourth-order valence-electron chi connectivity index (χ4n) is 2.36. The van der Waals surface area contributed by atoms with Gasteiger partial charge in [-0.15, -0.1) is 0 Å². The number of benzene rings is 1. The summed E-state index contributed by atoms with van der Waals surface area (Å²) in [6.07, 6.45) is 6.67.